The maximum atomic E-state index is 12.8. The quantitative estimate of drug-likeness (QED) is 0.762. The molecule has 1 aromatic carbocycles. The second kappa shape index (κ2) is 8.13. The number of thioether (sulfide) groups is 1. The lowest BCUT2D eigenvalue weighted by Crippen LogP contribution is -2.39. The summed E-state index contributed by atoms with van der Waals surface area (Å²) in [6, 6.07) is 7.89. The van der Waals surface area contributed by atoms with Crippen LogP contribution in [0.3, 0.4) is 0 Å². The fourth-order valence-corrected chi connectivity index (χ4v) is 4.32. The second-order valence-corrected chi connectivity index (χ2v) is 8.54. The maximum Gasteiger partial charge on any atom is 0.305 e. The van der Waals surface area contributed by atoms with Crippen LogP contribution in [0.15, 0.2) is 35.5 Å². The first-order valence-corrected chi connectivity index (χ1v) is 10.0. The molecule has 1 aliphatic rings. The Morgan fingerprint density at radius 2 is 2.00 bits per heavy atom. The highest BCUT2D eigenvalue weighted by molar-refractivity contribution is 7.99. The van der Waals surface area contributed by atoms with Crippen molar-refractivity contribution in [2.75, 3.05) is 13.1 Å². The van der Waals surface area contributed by atoms with Gasteiger partial charge in [0.15, 0.2) is 0 Å². The number of amides is 1. The maximum absolute atomic E-state index is 12.8. The van der Waals surface area contributed by atoms with Crippen molar-refractivity contribution < 1.29 is 14.7 Å². The Bertz CT molecular complexity index is 880. The van der Waals surface area contributed by atoms with Gasteiger partial charge in [0.2, 0.25) is 0 Å². The van der Waals surface area contributed by atoms with E-state index in [0.717, 1.165) is 33.7 Å². The van der Waals surface area contributed by atoms with Crippen LogP contribution in [0.2, 0.25) is 0 Å². The molecule has 2 aromatic rings. The van der Waals surface area contributed by atoms with Crippen molar-refractivity contribution in [1.29, 1.82) is 0 Å². The molecular weight excluding hydrogens is 360 g/mol. The van der Waals surface area contributed by atoms with Gasteiger partial charge in [-0.15, -0.1) is 11.8 Å². The van der Waals surface area contributed by atoms with Gasteiger partial charge in [-0.05, 0) is 42.2 Å². The fraction of sp³-hybridized carbons (Fsp3) is 0.381. The van der Waals surface area contributed by atoms with Crippen LogP contribution in [0.25, 0.3) is 11.1 Å². The Balaban J connectivity index is 1.96. The molecule has 0 spiro atoms. The van der Waals surface area contributed by atoms with E-state index < -0.39 is 5.97 Å². The van der Waals surface area contributed by atoms with Gasteiger partial charge in [0, 0.05) is 35.7 Å². The molecule has 0 unspecified atom stereocenters. The molecule has 0 saturated heterocycles. The first-order chi connectivity index (χ1) is 12.9. The highest BCUT2D eigenvalue weighted by Crippen LogP contribution is 2.36. The van der Waals surface area contributed by atoms with Gasteiger partial charge < -0.3 is 10.0 Å². The van der Waals surface area contributed by atoms with E-state index in [9.17, 15) is 9.59 Å². The summed E-state index contributed by atoms with van der Waals surface area (Å²) in [5.74, 6) is -0.956. The number of carboxylic acid groups (broad SMARTS) is 1. The SMILES string of the molecule is Cc1c(-c2cccnc2SC(C)C)ccc2c1CCN(CCC(=O)O)C2=O. The first-order valence-electron chi connectivity index (χ1n) is 9.14. The van der Waals surface area contributed by atoms with Crippen molar-refractivity contribution in [3.63, 3.8) is 0 Å². The zero-order chi connectivity index (χ0) is 19.6. The molecule has 6 heteroatoms. The van der Waals surface area contributed by atoms with Crippen LogP contribution in [0.4, 0.5) is 0 Å². The van der Waals surface area contributed by atoms with Crippen LogP contribution < -0.4 is 0 Å². The van der Waals surface area contributed by atoms with Crippen molar-refractivity contribution in [3.05, 3.63) is 47.2 Å². The molecule has 3 rings (SSSR count). The van der Waals surface area contributed by atoms with E-state index >= 15 is 0 Å². The zero-order valence-corrected chi connectivity index (χ0v) is 16.7. The summed E-state index contributed by atoms with van der Waals surface area (Å²) in [4.78, 5) is 29.8. The molecule has 1 amide bonds. The highest BCUT2D eigenvalue weighted by atomic mass is 32.2. The van der Waals surface area contributed by atoms with E-state index in [1.807, 2.05) is 24.4 Å². The summed E-state index contributed by atoms with van der Waals surface area (Å²) < 4.78 is 0. The molecule has 0 aliphatic carbocycles. The Labute approximate surface area is 163 Å². The van der Waals surface area contributed by atoms with Crippen molar-refractivity contribution in [3.8, 4) is 11.1 Å². The lowest BCUT2D eigenvalue weighted by Gasteiger charge is -2.30. The van der Waals surface area contributed by atoms with Gasteiger partial charge in [-0.1, -0.05) is 26.0 Å². The number of carbonyl (C=O) groups is 2. The molecule has 0 atom stereocenters. The van der Waals surface area contributed by atoms with Crippen LogP contribution in [0.1, 0.15) is 41.8 Å². The molecule has 0 fully saturated rings. The predicted molar refractivity (Wildman–Crippen MR) is 107 cm³/mol. The van der Waals surface area contributed by atoms with E-state index in [1.54, 1.807) is 16.7 Å². The van der Waals surface area contributed by atoms with Gasteiger partial charge >= 0.3 is 5.97 Å². The third kappa shape index (κ3) is 4.16. The molecule has 27 heavy (non-hydrogen) atoms. The number of aromatic nitrogens is 1. The molecule has 0 bridgehead atoms. The molecule has 0 saturated carbocycles. The molecule has 1 aliphatic heterocycles. The largest absolute Gasteiger partial charge is 0.481 e. The van der Waals surface area contributed by atoms with Gasteiger partial charge in [0.05, 0.1) is 6.42 Å². The summed E-state index contributed by atoms with van der Waals surface area (Å²) in [5.41, 5.74) is 5.06. The first kappa shape index (κ1) is 19.4. The predicted octanol–water partition coefficient (Wildman–Crippen LogP) is 4.03. The Morgan fingerprint density at radius 1 is 1.26 bits per heavy atom. The number of benzene rings is 1. The Kier molecular flexibility index (Phi) is 5.85. The molecule has 1 N–H and O–H groups in total. The summed E-state index contributed by atoms with van der Waals surface area (Å²) >= 11 is 1.73. The molecular formula is C21H24N2O3S. The van der Waals surface area contributed by atoms with Crippen LogP contribution in [0, 0.1) is 6.92 Å². The summed E-state index contributed by atoms with van der Waals surface area (Å²) in [6.07, 6.45) is 2.53. The van der Waals surface area contributed by atoms with Crippen LogP contribution in [0.5, 0.6) is 0 Å². The number of carboxylic acids is 1. The molecule has 2 heterocycles. The van der Waals surface area contributed by atoms with E-state index in [4.69, 9.17) is 5.11 Å². The van der Waals surface area contributed by atoms with Crippen molar-refractivity contribution >= 4 is 23.6 Å². The van der Waals surface area contributed by atoms with Crippen molar-refractivity contribution in [1.82, 2.24) is 9.88 Å². The Morgan fingerprint density at radius 3 is 2.70 bits per heavy atom. The monoisotopic (exact) mass is 384 g/mol. The van der Waals surface area contributed by atoms with E-state index in [0.29, 0.717) is 17.4 Å². The average Bonchev–Trinajstić information content (AvgIpc) is 2.62. The number of hydrogen-bond acceptors (Lipinski definition) is 4. The zero-order valence-electron chi connectivity index (χ0n) is 15.9. The summed E-state index contributed by atoms with van der Waals surface area (Å²) in [5, 5.41) is 10.3. The number of pyridine rings is 1. The number of carbonyl (C=O) groups excluding carboxylic acids is 1. The van der Waals surface area contributed by atoms with Gasteiger partial charge in [0.25, 0.3) is 5.91 Å². The number of fused-ring (bicyclic) bond motifs is 1. The van der Waals surface area contributed by atoms with Gasteiger partial charge in [-0.3, -0.25) is 9.59 Å². The minimum absolute atomic E-state index is 0.0242. The molecule has 142 valence electrons. The number of hydrogen-bond donors (Lipinski definition) is 1. The normalized spacial score (nSPS) is 13.8. The number of aliphatic carboxylic acids is 1. The van der Waals surface area contributed by atoms with Gasteiger partial charge in [0.1, 0.15) is 5.03 Å². The summed E-state index contributed by atoms with van der Waals surface area (Å²) in [6.45, 7) is 7.17. The smallest absolute Gasteiger partial charge is 0.305 e. The molecule has 5 nitrogen and oxygen atoms in total. The standard InChI is InChI=1S/C21H24N2O3S/c1-13(2)27-20-17(5-4-10-22-20)15-6-7-18-16(14(15)3)8-11-23(21(18)26)12-9-19(24)25/h4-7,10,13H,8-9,11-12H2,1-3H3,(H,24,25). The lowest BCUT2D eigenvalue weighted by atomic mass is 9.89. The minimum Gasteiger partial charge on any atom is -0.481 e. The minimum atomic E-state index is -0.883. The van der Waals surface area contributed by atoms with E-state index in [2.05, 4.69) is 31.8 Å². The number of nitrogens with zero attached hydrogens (tertiary/aromatic N) is 2. The average molecular weight is 385 g/mol. The molecule has 1 aromatic heterocycles. The molecule has 0 radical (unpaired) electrons. The Hall–Kier alpha value is -2.34. The van der Waals surface area contributed by atoms with Gasteiger partial charge in [-0.25, -0.2) is 4.98 Å². The van der Waals surface area contributed by atoms with Crippen LogP contribution >= 0.6 is 11.8 Å². The van der Waals surface area contributed by atoms with E-state index in [1.165, 1.54) is 0 Å². The third-order valence-electron chi connectivity index (χ3n) is 4.75. The van der Waals surface area contributed by atoms with Crippen LogP contribution in [-0.4, -0.2) is 45.2 Å². The fourth-order valence-electron chi connectivity index (χ4n) is 3.45. The topological polar surface area (TPSA) is 70.5 Å². The summed E-state index contributed by atoms with van der Waals surface area (Å²) in [7, 11) is 0. The van der Waals surface area contributed by atoms with E-state index in [-0.39, 0.29) is 18.9 Å². The third-order valence-corrected chi connectivity index (χ3v) is 5.77. The van der Waals surface area contributed by atoms with Crippen LogP contribution in [-0.2, 0) is 11.2 Å². The number of rotatable bonds is 6. The lowest BCUT2D eigenvalue weighted by molar-refractivity contribution is -0.137. The van der Waals surface area contributed by atoms with Gasteiger partial charge in [-0.2, -0.15) is 0 Å². The highest BCUT2D eigenvalue weighted by Gasteiger charge is 2.27. The van der Waals surface area contributed by atoms with Crippen molar-refractivity contribution in [2.45, 2.75) is 43.9 Å². The second-order valence-electron chi connectivity index (χ2n) is 6.97. The van der Waals surface area contributed by atoms with Crippen molar-refractivity contribution in [2.24, 2.45) is 0 Å².